The first-order chi connectivity index (χ1) is 6.95. The molecule has 4 heteroatoms. The second kappa shape index (κ2) is 2.70. The normalized spacial score (nSPS) is 13.1. The Hall–Kier alpha value is -2.10. The zero-order valence-corrected chi connectivity index (χ0v) is 7.27. The van der Waals surface area contributed by atoms with Crippen LogP contribution in [0.5, 0.6) is 5.75 Å². The molecule has 0 unspecified atom stereocenters. The number of hydroxylamine groups is 1. The number of aromatic nitrogens is 2. The van der Waals surface area contributed by atoms with E-state index in [4.69, 9.17) is 4.84 Å². The van der Waals surface area contributed by atoms with Gasteiger partial charge in [0.25, 0.3) is 0 Å². The van der Waals surface area contributed by atoms with Crippen LogP contribution >= 0.6 is 0 Å². The van der Waals surface area contributed by atoms with E-state index in [1.54, 1.807) is 18.6 Å². The van der Waals surface area contributed by atoms with Crippen molar-refractivity contribution in [2.75, 3.05) is 0 Å². The van der Waals surface area contributed by atoms with E-state index in [0.29, 0.717) is 0 Å². The predicted octanol–water partition coefficient (Wildman–Crippen LogP) is 1.50. The maximum Gasteiger partial charge on any atom is 0.190 e. The Morgan fingerprint density at radius 1 is 1.14 bits per heavy atom. The second-order valence-electron chi connectivity index (χ2n) is 2.96. The number of nitrogens with one attached hydrogen (secondary N) is 1. The van der Waals surface area contributed by atoms with E-state index >= 15 is 0 Å². The molecule has 1 N–H and O–H groups in total. The molecule has 1 aliphatic heterocycles. The number of benzene rings is 1. The SMILES string of the molecule is C1=Cc2ccc3nccnc3c2ON1. The van der Waals surface area contributed by atoms with Gasteiger partial charge in [-0.3, -0.25) is 4.98 Å². The molecule has 0 radical (unpaired) electrons. The Kier molecular flexibility index (Phi) is 1.41. The molecule has 0 atom stereocenters. The minimum absolute atomic E-state index is 0.734. The summed E-state index contributed by atoms with van der Waals surface area (Å²) in [6.45, 7) is 0. The molecule has 3 rings (SSSR count). The van der Waals surface area contributed by atoms with Crippen LogP contribution in [0, 0.1) is 0 Å². The van der Waals surface area contributed by atoms with E-state index in [-0.39, 0.29) is 0 Å². The molecule has 68 valence electrons. The minimum atomic E-state index is 0.734. The maximum absolute atomic E-state index is 5.30. The van der Waals surface area contributed by atoms with E-state index in [0.717, 1.165) is 22.3 Å². The summed E-state index contributed by atoms with van der Waals surface area (Å²) in [6, 6.07) is 3.89. The lowest BCUT2D eigenvalue weighted by Crippen LogP contribution is -2.14. The third-order valence-corrected chi connectivity index (χ3v) is 2.12. The molecule has 0 spiro atoms. The van der Waals surface area contributed by atoms with Gasteiger partial charge in [-0.2, -0.15) is 0 Å². The fraction of sp³-hybridized carbons (Fsp3) is 0. The van der Waals surface area contributed by atoms with Crippen LogP contribution < -0.4 is 10.3 Å². The maximum atomic E-state index is 5.30. The van der Waals surface area contributed by atoms with Crippen LogP contribution in [0.15, 0.2) is 30.7 Å². The quantitative estimate of drug-likeness (QED) is 0.675. The summed E-state index contributed by atoms with van der Waals surface area (Å²) < 4.78 is 0. The summed E-state index contributed by atoms with van der Waals surface area (Å²) in [5.74, 6) is 0.734. The summed E-state index contributed by atoms with van der Waals surface area (Å²) in [7, 11) is 0. The monoisotopic (exact) mass is 185 g/mol. The Morgan fingerprint density at radius 3 is 3.07 bits per heavy atom. The van der Waals surface area contributed by atoms with E-state index in [2.05, 4.69) is 15.4 Å². The molecule has 1 aromatic heterocycles. The molecule has 1 aliphatic rings. The molecule has 4 nitrogen and oxygen atoms in total. The van der Waals surface area contributed by atoms with Gasteiger partial charge in [0.1, 0.15) is 5.52 Å². The zero-order valence-electron chi connectivity index (χ0n) is 7.27. The average Bonchev–Trinajstić information content (AvgIpc) is 2.29. The van der Waals surface area contributed by atoms with Gasteiger partial charge >= 0.3 is 0 Å². The number of hydrogen-bond donors (Lipinski definition) is 1. The molecular weight excluding hydrogens is 178 g/mol. The predicted molar refractivity (Wildman–Crippen MR) is 52.3 cm³/mol. The van der Waals surface area contributed by atoms with Gasteiger partial charge in [-0.25, -0.2) is 10.5 Å². The van der Waals surface area contributed by atoms with Crippen molar-refractivity contribution in [3.63, 3.8) is 0 Å². The van der Waals surface area contributed by atoms with Crippen LogP contribution in [0.4, 0.5) is 0 Å². The number of rotatable bonds is 0. The van der Waals surface area contributed by atoms with Crippen molar-refractivity contribution in [2.24, 2.45) is 0 Å². The highest BCUT2D eigenvalue weighted by atomic mass is 16.6. The standard InChI is InChI=1S/C10H7N3O/c1-2-8-9(12-6-5-11-8)10-7(1)3-4-13-14-10/h1-6,13H. The van der Waals surface area contributed by atoms with Crippen molar-refractivity contribution in [1.82, 2.24) is 15.4 Å². The third-order valence-electron chi connectivity index (χ3n) is 2.12. The van der Waals surface area contributed by atoms with Crippen molar-refractivity contribution in [3.05, 3.63) is 36.3 Å². The molecule has 0 saturated heterocycles. The number of fused-ring (bicyclic) bond motifs is 3. The molecule has 1 aromatic carbocycles. The Morgan fingerprint density at radius 2 is 2.07 bits per heavy atom. The van der Waals surface area contributed by atoms with Crippen LogP contribution in [-0.4, -0.2) is 9.97 Å². The van der Waals surface area contributed by atoms with E-state index < -0.39 is 0 Å². The van der Waals surface area contributed by atoms with Crippen molar-refractivity contribution >= 4 is 17.1 Å². The fourth-order valence-electron chi connectivity index (χ4n) is 1.48. The Labute approximate surface area is 80.2 Å². The largest absolute Gasteiger partial charge is 0.380 e. The Bertz CT molecular complexity index is 522. The molecule has 0 aliphatic carbocycles. The topological polar surface area (TPSA) is 47.0 Å². The summed E-state index contributed by atoms with van der Waals surface area (Å²) in [4.78, 5) is 13.7. The number of nitrogens with zero attached hydrogens (tertiary/aromatic N) is 2. The van der Waals surface area contributed by atoms with E-state index in [1.807, 2.05) is 18.2 Å². The van der Waals surface area contributed by atoms with Crippen molar-refractivity contribution < 1.29 is 4.84 Å². The molecular formula is C10H7N3O. The first kappa shape index (κ1) is 7.32. The summed E-state index contributed by atoms with van der Waals surface area (Å²) in [6.07, 6.45) is 7.00. The highest BCUT2D eigenvalue weighted by molar-refractivity contribution is 5.85. The van der Waals surface area contributed by atoms with Crippen LogP contribution in [0.2, 0.25) is 0 Å². The summed E-state index contributed by atoms with van der Waals surface area (Å²) in [5, 5.41) is 0. The van der Waals surface area contributed by atoms with Gasteiger partial charge in [0.05, 0.1) is 5.52 Å². The minimum Gasteiger partial charge on any atom is -0.380 e. The molecule has 2 heterocycles. The molecule has 2 aromatic rings. The van der Waals surface area contributed by atoms with Gasteiger partial charge < -0.3 is 4.84 Å². The van der Waals surface area contributed by atoms with Crippen molar-refractivity contribution in [1.29, 1.82) is 0 Å². The lowest BCUT2D eigenvalue weighted by atomic mass is 10.1. The van der Waals surface area contributed by atoms with Crippen LogP contribution in [0.3, 0.4) is 0 Å². The first-order valence-electron chi connectivity index (χ1n) is 4.28. The summed E-state index contributed by atoms with van der Waals surface area (Å²) in [5.41, 5.74) is 5.31. The van der Waals surface area contributed by atoms with Gasteiger partial charge in [0.2, 0.25) is 0 Å². The summed E-state index contributed by atoms with van der Waals surface area (Å²) >= 11 is 0. The lowest BCUT2D eigenvalue weighted by molar-refractivity contribution is 0.242. The average molecular weight is 185 g/mol. The molecule has 0 amide bonds. The molecule has 14 heavy (non-hydrogen) atoms. The van der Waals surface area contributed by atoms with Crippen LogP contribution in [0.1, 0.15) is 5.56 Å². The fourth-order valence-corrected chi connectivity index (χ4v) is 1.48. The van der Waals surface area contributed by atoms with Crippen LogP contribution in [-0.2, 0) is 0 Å². The molecule has 0 saturated carbocycles. The van der Waals surface area contributed by atoms with Gasteiger partial charge in [-0.05, 0) is 18.2 Å². The highest BCUT2D eigenvalue weighted by Crippen LogP contribution is 2.28. The van der Waals surface area contributed by atoms with E-state index in [9.17, 15) is 0 Å². The van der Waals surface area contributed by atoms with Gasteiger partial charge in [-0.15, -0.1) is 0 Å². The Balaban J connectivity index is 2.41. The van der Waals surface area contributed by atoms with Gasteiger partial charge in [-0.1, -0.05) is 0 Å². The van der Waals surface area contributed by atoms with Crippen LogP contribution in [0.25, 0.3) is 17.1 Å². The second-order valence-corrected chi connectivity index (χ2v) is 2.96. The lowest BCUT2D eigenvalue weighted by Gasteiger charge is -2.13. The molecule has 0 fully saturated rings. The smallest absolute Gasteiger partial charge is 0.190 e. The van der Waals surface area contributed by atoms with Gasteiger partial charge in [0, 0.05) is 24.2 Å². The highest BCUT2D eigenvalue weighted by Gasteiger charge is 2.11. The van der Waals surface area contributed by atoms with Crippen molar-refractivity contribution in [2.45, 2.75) is 0 Å². The number of hydrogen-bond acceptors (Lipinski definition) is 4. The third kappa shape index (κ3) is 0.939. The van der Waals surface area contributed by atoms with Crippen molar-refractivity contribution in [3.8, 4) is 5.75 Å². The molecule has 0 bridgehead atoms. The van der Waals surface area contributed by atoms with Gasteiger partial charge in [0.15, 0.2) is 5.75 Å². The first-order valence-corrected chi connectivity index (χ1v) is 4.28. The van der Waals surface area contributed by atoms with E-state index in [1.165, 1.54) is 0 Å². The zero-order chi connectivity index (χ0) is 9.38.